The van der Waals surface area contributed by atoms with Gasteiger partial charge >= 0.3 is 0 Å². The molecule has 7 nitrogen and oxygen atoms in total. The third kappa shape index (κ3) is 3.10. The molecule has 3 aliphatic rings. The first-order chi connectivity index (χ1) is 15.1. The second kappa shape index (κ2) is 7.64. The summed E-state index contributed by atoms with van der Waals surface area (Å²) < 4.78 is 1.74. The Hall–Kier alpha value is -2.93. The Morgan fingerprint density at radius 1 is 1.13 bits per heavy atom. The van der Waals surface area contributed by atoms with Crippen LogP contribution >= 0.6 is 0 Å². The zero-order valence-corrected chi connectivity index (χ0v) is 17.5. The fraction of sp³-hybridized carbons (Fsp3) is 0.458. The monoisotopic (exact) mass is 421 g/mol. The fourth-order valence-electron chi connectivity index (χ4n) is 5.39. The Balaban J connectivity index is 1.60. The molecule has 1 saturated carbocycles. The highest BCUT2D eigenvalue weighted by atomic mass is 16.3. The molecule has 3 heterocycles. The lowest BCUT2D eigenvalue weighted by Gasteiger charge is -2.31. The quantitative estimate of drug-likeness (QED) is 0.766. The standard InChI is InChI=1S/C24H27N3O4/c1-2-25-22(29)21-18(13-28)17-12-26-19(20(17)27(21)23(30)15-8-9-15)11-10-16(24(26)31)14-6-4-3-5-7-14/h3-7,10-11,15,17-18,20-21,28H,2,8-9,12-13H2,1H3,(H,25,29)/t17-,18-,20+,21-/m0/s1. The third-order valence-electron chi connectivity index (χ3n) is 6.96. The Morgan fingerprint density at radius 2 is 1.87 bits per heavy atom. The van der Waals surface area contributed by atoms with E-state index in [1.54, 1.807) is 9.47 Å². The normalized spacial score (nSPS) is 26.5. The molecule has 0 unspecified atom stereocenters. The number of nitrogens with one attached hydrogen (secondary N) is 1. The van der Waals surface area contributed by atoms with Crippen molar-refractivity contribution in [2.24, 2.45) is 17.8 Å². The van der Waals surface area contributed by atoms with Gasteiger partial charge in [0.25, 0.3) is 5.56 Å². The van der Waals surface area contributed by atoms with Gasteiger partial charge in [-0.25, -0.2) is 0 Å². The number of pyridine rings is 1. The summed E-state index contributed by atoms with van der Waals surface area (Å²) in [6, 6.07) is 12.2. The van der Waals surface area contributed by atoms with Gasteiger partial charge in [-0.2, -0.15) is 0 Å². The molecule has 1 aromatic heterocycles. The van der Waals surface area contributed by atoms with E-state index in [1.165, 1.54) is 0 Å². The lowest BCUT2D eigenvalue weighted by molar-refractivity contribution is -0.142. The number of fused-ring (bicyclic) bond motifs is 3. The summed E-state index contributed by atoms with van der Waals surface area (Å²) in [5.41, 5.74) is 2.13. The van der Waals surface area contributed by atoms with E-state index in [0.29, 0.717) is 18.7 Å². The van der Waals surface area contributed by atoms with Crippen molar-refractivity contribution in [1.82, 2.24) is 14.8 Å². The van der Waals surface area contributed by atoms with Gasteiger partial charge in [0.2, 0.25) is 11.8 Å². The smallest absolute Gasteiger partial charge is 0.258 e. The van der Waals surface area contributed by atoms with E-state index < -0.39 is 12.0 Å². The largest absolute Gasteiger partial charge is 0.396 e. The predicted octanol–water partition coefficient (Wildman–Crippen LogP) is 1.55. The summed E-state index contributed by atoms with van der Waals surface area (Å²) in [5, 5.41) is 13.1. The van der Waals surface area contributed by atoms with Crippen LogP contribution < -0.4 is 10.9 Å². The number of aliphatic hydroxyl groups is 1. The zero-order valence-electron chi connectivity index (χ0n) is 17.5. The molecule has 2 N–H and O–H groups in total. The first-order valence-electron chi connectivity index (χ1n) is 11.1. The number of hydrogen-bond donors (Lipinski definition) is 2. The van der Waals surface area contributed by atoms with E-state index in [1.807, 2.05) is 49.4 Å². The lowest BCUT2D eigenvalue weighted by atomic mass is 9.88. The molecule has 2 aliphatic heterocycles. The molecule has 0 radical (unpaired) electrons. The van der Waals surface area contributed by atoms with Gasteiger partial charge < -0.3 is 19.9 Å². The minimum Gasteiger partial charge on any atom is -0.396 e. The van der Waals surface area contributed by atoms with Crippen molar-refractivity contribution >= 4 is 11.8 Å². The molecule has 5 rings (SSSR count). The molecule has 2 fully saturated rings. The van der Waals surface area contributed by atoms with Gasteiger partial charge in [0, 0.05) is 48.7 Å². The van der Waals surface area contributed by atoms with E-state index in [2.05, 4.69) is 5.32 Å². The van der Waals surface area contributed by atoms with Crippen molar-refractivity contribution in [3.8, 4) is 11.1 Å². The maximum absolute atomic E-state index is 13.3. The molecule has 4 atom stereocenters. The van der Waals surface area contributed by atoms with Crippen LogP contribution in [0.3, 0.4) is 0 Å². The van der Waals surface area contributed by atoms with Gasteiger partial charge in [-0.3, -0.25) is 14.4 Å². The fourth-order valence-corrected chi connectivity index (χ4v) is 5.39. The Bertz CT molecular complexity index is 1080. The maximum atomic E-state index is 13.3. The number of aromatic nitrogens is 1. The summed E-state index contributed by atoms with van der Waals surface area (Å²) in [7, 11) is 0. The van der Waals surface area contributed by atoms with Crippen LogP contribution in [0.15, 0.2) is 47.3 Å². The molecule has 2 aromatic rings. The van der Waals surface area contributed by atoms with E-state index >= 15 is 0 Å². The summed E-state index contributed by atoms with van der Waals surface area (Å²) in [6.45, 7) is 2.50. The van der Waals surface area contributed by atoms with Crippen LogP contribution in [0.1, 0.15) is 31.5 Å². The minimum atomic E-state index is -0.703. The highest BCUT2D eigenvalue weighted by Crippen LogP contribution is 2.51. The molecule has 31 heavy (non-hydrogen) atoms. The summed E-state index contributed by atoms with van der Waals surface area (Å²) in [5.74, 6) is -0.882. The molecular formula is C24H27N3O4. The van der Waals surface area contributed by atoms with Crippen LogP contribution in [0.5, 0.6) is 0 Å². The zero-order chi connectivity index (χ0) is 21.7. The molecule has 162 valence electrons. The number of benzene rings is 1. The average molecular weight is 421 g/mol. The van der Waals surface area contributed by atoms with Gasteiger partial charge in [0.1, 0.15) is 6.04 Å². The molecule has 0 bridgehead atoms. The van der Waals surface area contributed by atoms with Gasteiger partial charge in [0.05, 0.1) is 6.04 Å². The lowest BCUT2D eigenvalue weighted by Crippen LogP contribution is -2.50. The Morgan fingerprint density at radius 3 is 2.52 bits per heavy atom. The molecule has 1 aromatic carbocycles. The first-order valence-corrected chi connectivity index (χ1v) is 11.1. The summed E-state index contributed by atoms with van der Waals surface area (Å²) in [6.07, 6.45) is 1.66. The molecule has 2 amide bonds. The molecule has 7 heteroatoms. The highest BCUT2D eigenvalue weighted by molar-refractivity contribution is 5.91. The van der Waals surface area contributed by atoms with Crippen molar-refractivity contribution in [2.75, 3.05) is 13.2 Å². The minimum absolute atomic E-state index is 0.0322. The maximum Gasteiger partial charge on any atom is 0.258 e. The number of hydrogen-bond acceptors (Lipinski definition) is 4. The van der Waals surface area contributed by atoms with Gasteiger partial charge in [-0.15, -0.1) is 0 Å². The van der Waals surface area contributed by atoms with Crippen molar-refractivity contribution in [3.05, 3.63) is 58.5 Å². The molecule has 1 aliphatic carbocycles. The summed E-state index contributed by atoms with van der Waals surface area (Å²) >= 11 is 0. The van der Waals surface area contributed by atoms with Crippen molar-refractivity contribution in [1.29, 1.82) is 0 Å². The van der Waals surface area contributed by atoms with Crippen molar-refractivity contribution < 1.29 is 14.7 Å². The van der Waals surface area contributed by atoms with E-state index in [-0.39, 0.29) is 41.9 Å². The number of nitrogens with zero attached hydrogens (tertiary/aromatic N) is 2. The number of carbonyl (C=O) groups is 2. The van der Waals surface area contributed by atoms with Gasteiger partial charge in [0.15, 0.2) is 0 Å². The summed E-state index contributed by atoms with van der Waals surface area (Å²) in [4.78, 5) is 41.3. The van der Waals surface area contributed by atoms with Crippen LogP contribution in [-0.4, -0.2) is 45.6 Å². The molecule has 1 saturated heterocycles. The predicted molar refractivity (Wildman–Crippen MR) is 115 cm³/mol. The number of likely N-dealkylation sites (tertiary alicyclic amines) is 1. The van der Waals surface area contributed by atoms with Crippen molar-refractivity contribution in [3.63, 3.8) is 0 Å². The average Bonchev–Trinajstić information content (AvgIpc) is 3.48. The van der Waals surface area contributed by atoms with Crippen LogP contribution in [0.4, 0.5) is 0 Å². The number of rotatable bonds is 5. The first kappa shape index (κ1) is 20.0. The SMILES string of the molecule is CCNC(=O)[C@@H]1[C@@H](CO)[C@@H]2Cn3c(ccc(-c4ccccc4)c3=O)[C@@H]2N1C(=O)C1CC1. The topological polar surface area (TPSA) is 91.6 Å². The van der Waals surface area contributed by atoms with Crippen LogP contribution in [0.2, 0.25) is 0 Å². The second-order valence-corrected chi connectivity index (χ2v) is 8.77. The van der Waals surface area contributed by atoms with Crippen LogP contribution in [-0.2, 0) is 16.1 Å². The number of carbonyl (C=O) groups excluding carboxylic acids is 2. The van der Waals surface area contributed by atoms with E-state index in [0.717, 1.165) is 24.1 Å². The van der Waals surface area contributed by atoms with E-state index in [4.69, 9.17) is 0 Å². The third-order valence-corrected chi connectivity index (χ3v) is 6.96. The number of likely N-dealkylation sites (N-methyl/N-ethyl adjacent to an activating group) is 1. The number of amides is 2. The van der Waals surface area contributed by atoms with Crippen LogP contribution in [0.25, 0.3) is 11.1 Å². The van der Waals surface area contributed by atoms with Crippen LogP contribution in [0, 0.1) is 17.8 Å². The Kier molecular flexibility index (Phi) is 4.93. The Labute approximate surface area is 180 Å². The highest BCUT2D eigenvalue weighted by Gasteiger charge is 2.58. The van der Waals surface area contributed by atoms with Crippen molar-refractivity contribution in [2.45, 2.75) is 38.4 Å². The molecule has 0 spiro atoms. The van der Waals surface area contributed by atoms with Gasteiger partial charge in [-0.05, 0) is 37.5 Å². The van der Waals surface area contributed by atoms with Gasteiger partial charge in [-0.1, -0.05) is 30.3 Å². The number of aliphatic hydroxyl groups excluding tert-OH is 1. The second-order valence-electron chi connectivity index (χ2n) is 8.77. The van der Waals surface area contributed by atoms with E-state index in [9.17, 15) is 19.5 Å². The molecular weight excluding hydrogens is 394 g/mol.